The maximum Gasteiger partial charge on any atom is 0.411 e. The van der Waals surface area contributed by atoms with Gasteiger partial charge in [-0.15, -0.1) is 0 Å². The Morgan fingerprint density at radius 3 is 2.58 bits per heavy atom. The van der Waals surface area contributed by atoms with E-state index in [0.717, 1.165) is 12.2 Å². The van der Waals surface area contributed by atoms with Gasteiger partial charge in [0.1, 0.15) is 12.7 Å². The summed E-state index contributed by atoms with van der Waals surface area (Å²) in [6.07, 6.45) is -0.333. The van der Waals surface area contributed by atoms with Crippen LogP contribution in [0.5, 0.6) is 0 Å². The molecule has 2 rings (SSSR count). The number of hydrogen-bond acceptors (Lipinski definition) is 7. The SMILES string of the molecule is C=C1/C=C\C(O)=C(O)C(O)=CC=CC2=C(C(=O)OC1C)C(N)CC(OCC(F)(F)F)C2. The molecule has 3 unspecified atom stereocenters. The molecule has 0 radical (unpaired) electrons. The number of allylic oxidation sites excluding steroid dienone is 4. The molecule has 3 atom stereocenters. The number of aliphatic hydroxyl groups excluding tert-OH is 3. The van der Waals surface area contributed by atoms with Crippen LogP contribution >= 0.6 is 0 Å². The van der Waals surface area contributed by atoms with Gasteiger partial charge in [-0.3, -0.25) is 0 Å². The molecule has 0 aromatic carbocycles. The van der Waals surface area contributed by atoms with Gasteiger partial charge in [0.05, 0.1) is 11.7 Å². The molecule has 7 nitrogen and oxygen atoms in total. The molecule has 2 aliphatic rings. The number of esters is 1. The fourth-order valence-electron chi connectivity index (χ4n) is 3.02. The van der Waals surface area contributed by atoms with E-state index in [0.29, 0.717) is 0 Å². The monoisotopic (exact) mass is 443 g/mol. The number of aliphatic hydroxyl groups is 3. The molecule has 0 saturated heterocycles. The van der Waals surface area contributed by atoms with Crippen LogP contribution in [-0.2, 0) is 14.3 Å². The molecule has 0 fully saturated rings. The molecule has 0 aromatic rings. The quantitative estimate of drug-likeness (QED) is 0.480. The van der Waals surface area contributed by atoms with Gasteiger partial charge in [-0.2, -0.15) is 13.2 Å². The molecule has 0 bridgehead atoms. The van der Waals surface area contributed by atoms with Crippen molar-refractivity contribution in [2.75, 3.05) is 6.61 Å². The first kappa shape index (κ1) is 24.3. The molecule has 5 N–H and O–H groups in total. The summed E-state index contributed by atoms with van der Waals surface area (Å²) in [4.78, 5) is 12.7. The molecule has 1 heterocycles. The van der Waals surface area contributed by atoms with Crippen LogP contribution < -0.4 is 5.73 Å². The first-order valence-electron chi connectivity index (χ1n) is 9.33. The highest BCUT2D eigenvalue weighted by Crippen LogP contribution is 2.30. The zero-order valence-electron chi connectivity index (χ0n) is 16.7. The number of nitrogens with two attached hydrogens (primary N) is 1. The summed E-state index contributed by atoms with van der Waals surface area (Å²) >= 11 is 0. The molecule has 0 aromatic heterocycles. The summed E-state index contributed by atoms with van der Waals surface area (Å²) in [5.41, 5.74) is 6.65. The zero-order valence-corrected chi connectivity index (χ0v) is 16.7. The van der Waals surface area contributed by atoms with Crippen molar-refractivity contribution in [3.63, 3.8) is 0 Å². The maximum atomic E-state index is 12.7. The Kier molecular flexibility index (Phi) is 7.75. The van der Waals surface area contributed by atoms with Crippen LogP contribution in [0.1, 0.15) is 19.8 Å². The maximum absolute atomic E-state index is 12.7. The second-order valence-corrected chi connectivity index (χ2v) is 7.13. The van der Waals surface area contributed by atoms with Gasteiger partial charge in [0, 0.05) is 6.04 Å². The van der Waals surface area contributed by atoms with Crippen LogP contribution in [0.2, 0.25) is 0 Å². The van der Waals surface area contributed by atoms with Crippen LogP contribution in [0.3, 0.4) is 0 Å². The second-order valence-electron chi connectivity index (χ2n) is 7.13. The number of carbonyl (C=O) groups excluding carboxylic acids is 1. The van der Waals surface area contributed by atoms with E-state index >= 15 is 0 Å². The normalized spacial score (nSPS) is 27.4. The molecule has 31 heavy (non-hydrogen) atoms. The Morgan fingerprint density at radius 2 is 1.94 bits per heavy atom. The van der Waals surface area contributed by atoms with Crippen LogP contribution in [0.4, 0.5) is 13.2 Å². The largest absolute Gasteiger partial charge is 0.504 e. The van der Waals surface area contributed by atoms with Crippen LogP contribution in [0.25, 0.3) is 0 Å². The highest BCUT2D eigenvalue weighted by Gasteiger charge is 2.35. The van der Waals surface area contributed by atoms with Gasteiger partial charge < -0.3 is 30.5 Å². The number of rotatable bonds is 2. The molecule has 170 valence electrons. The van der Waals surface area contributed by atoms with E-state index < -0.39 is 54.3 Å². The number of alkyl halides is 3. The van der Waals surface area contributed by atoms with Crippen molar-refractivity contribution in [2.45, 2.75) is 44.2 Å². The van der Waals surface area contributed by atoms with E-state index in [1.807, 2.05) is 0 Å². The standard InChI is InChI=1S/C21H24F3NO6/c1-11-6-7-17(27)19(28)16(26)5-3-4-13-8-14(30-10-21(22,23)24)9-15(25)18(13)20(29)31-12(11)2/h3-7,12,14-15,26-28H,1,8-10,25H2,2H3/b4-3?,7-6-,16-5?,19-17?. The summed E-state index contributed by atoms with van der Waals surface area (Å²) < 4.78 is 47.8. The lowest BCUT2D eigenvalue weighted by atomic mass is 9.85. The third-order valence-electron chi connectivity index (χ3n) is 4.68. The third kappa shape index (κ3) is 6.76. The summed E-state index contributed by atoms with van der Waals surface area (Å²) in [7, 11) is 0. The van der Waals surface area contributed by atoms with Crippen molar-refractivity contribution >= 4 is 5.97 Å². The van der Waals surface area contributed by atoms with Crippen molar-refractivity contribution in [2.24, 2.45) is 5.73 Å². The number of halogens is 3. The summed E-state index contributed by atoms with van der Waals surface area (Å²) in [5.74, 6) is -2.91. The molecule has 1 aliphatic carbocycles. The van der Waals surface area contributed by atoms with Crippen molar-refractivity contribution in [3.8, 4) is 0 Å². The minimum Gasteiger partial charge on any atom is -0.504 e. The van der Waals surface area contributed by atoms with Crippen LogP contribution in [0, 0.1) is 0 Å². The van der Waals surface area contributed by atoms with Crippen molar-refractivity contribution in [1.29, 1.82) is 0 Å². The molecule has 0 spiro atoms. The van der Waals surface area contributed by atoms with Gasteiger partial charge in [0.2, 0.25) is 0 Å². The molecular formula is C21H24F3NO6. The summed E-state index contributed by atoms with van der Waals surface area (Å²) in [6, 6.07) is -0.946. The minimum absolute atomic E-state index is 0.0223. The molecular weight excluding hydrogens is 419 g/mol. The summed E-state index contributed by atoms with van der Waals surface area (Å²) in [6.45, 7) is 3.78. The van der Waals surface area contributed by atoms with Gasteiger partial charge in [-0.25, -0.2) is 4.79 Å². The first-order valence-corrected chi connectivity index (χ1v) is 9.33. The molecule has 0 amide bonds. The topological polar surface area (TPSA) is 122 Å². The third-order valence-corrected chi connectivity index (χ3v) is 4.68. The minimum atomic E-state index is -4.51. The van der Waals surface area contributed by atoms with Crippen molar-refractivity contribution < 1.29 is 42.8 Å². The number of cyclic esters (lactones) is 1. The van der Waals surface area contributed by atoms with Gasteiger partial charge >= 0.3 is 12.1 Å². The van der Waals surface area contributed by atoms with Gasteiger partial charge in [-0.1, -0.05) is 24.8 Å². The van der Waals surface area contributed by atoms with E-state index in [-0.39, 0.29) is 29.6 Å². The Morgan fingerprint density at radius 1 is 1.26 bits per heavy atom. The number of carbonyl (C=O) groups is 1. The lowest BCUT2D eigenvalue weighted by molar-refractivity contribution is -0.186. The molecule has 0 saturated carbocycles. The summed E-state index contributed by atoms with van der Waals surface area (Å²) in [5, 5.41) is 29.6. The van der Waals surface area contributed by atoms with E-state index in [1.165, 1.54) is 25.2 Å². The molecule has 1 aliphatic heterocycles. The second kappa shape index (κ2) is 9.88. The van der Waals surface area contributed by atoms with Gasteiger partial charge in [-0.05, 0) is 43.1 Å². The first-order chi connectivity index (χ1) is 14.4. The predicted octanol–water partition coefficient (Wildman–Crippen LogP) is 3.74. The highest BCUT2D eigenvalue weighted by atomic mass is 19.4. The van der Waals surface area contributed by atoms with Crippen molar-refractivity contribution in [1.82, 2.24) is 0 Å². The number of hydrogen-bond donors (Lipinski definition) is 4. The van der Waals surface area contributed by atoms with E-state index in [1.54, 1.807) is 0 Å². The fraction of sp³-hybridized carbons (Fsp3) is 0.381. The van der Waals surface area contributed by atoms with Gasteiger partial charge in [0.15, 0.2) is 17.3 Å². The lowest BCUT2D eigenvalue weighted by Crippen LogP contribution is -2.40. The smallest absolute Gasteiger partial charge is 0.411 e. The fourth-order valence-corrected chi connectivity index (χ4v) is 3.02. The Hall–Kier alpha value is -2.98. The van der Waals surface area contributed by atoms with Crippen LogP contribution in [0.15, 0.2) is 71.0 Å². The molecule has 10 heteroatoms. The van der Waals surface area contributed by atoms with E-state index in [4.69, 9.17) is 15.2 Å². The van der Waals surface area contributed by atoms with Crippen molar-refractivity contribution in [3.05, 3.63) is 71.0 Å². The Balaban J connectivity index is 2.45. The average Bonchev–Trinajstić information content (AvgIpc) is 2.67. The zero-order chi connectivity index (χ0) is 23.3. The predicted molar refractivity (Wildman–Crippen MR) is 106 cm³/mol. The average molecular weight is 443 g/mol. The van der Waals surface area contributed by atoms with E-state index in [9.17, 15) is 33.3 Å². The highest BCUT2D eigenvalue weighted by molar-refractivity contribution is 5.92. The van der Waals surface area contributed by atoms with Crippen LogP contribution in [-0.4, -0.2) is 52.3 Å². The Labute approximate surface area is 176 Å². The number of ether oxygens (including phenoxy) is 2. The van der Waals surface area contributed by atoms with Gasteiger partial charge in [0.25, 0.3) is 0 Å². The lowest BCUT2D eigenvalue weighted by Gasteiger charge is -2.30. The van der Waals surface area contributed by atoms with E-state index in [2.05, 4.69) is 6.58 Å². The Bertz CT molecular complexity index is 882.